The molecule has 30 heavy (non-hydrogen) atoms. The van der Waals surface area contributed by atoms with E-state index in [1.807, 2.05) is 0 Å². The summed E-state index contributed by atoms with van der Waals surface area (Å²) < 4.78 is 29.2. The van der Waals surface area contributed by atoms with Crippen LogP contribution in [0.3, 0.4) is 0 Å². The summed E-state index contributed by atoms with van der Waals surface area (Å²) in [5.74, 6) is -2.92. The molecule has 0 aliphatic heterocycles. The summed E-state index contributed by atoms with van der Waals surface area (Å²) >= 11 is 12.4. The summed E-state index contributed by atoms with van der Waals surface area (Å²) in [5.41, 5.74) is 1.86. The first kappa shape index (κ1) is 20.5. The molecule has 0 saturated carbocycles. The van der Waals surface area contributed by atoms with E-state index in [4.69, 9.17) is 23.2 Å². The Labute approximate surface area is 180 Å². The molecule has 5 nitrogen and oxygen atoms in total. The van der Waals surface area contributed by atoms with Gasteiger partial charge in [-0.15, -0.1) is 0 Å². The van der Waals surface area contributed by atoms with Crippen LogP contribution in [0.25, 0.3) is 28.0 Å². The molecule has 2 aromatic heterocycles. The predicted molar refractivity (Wildman–Crippen MR) is 113 cm³/mol. The number of aryl methyl sites for hydroxylation is 1. The monoisotopic (exact) mass is 448 g/mol. The lowest BCUT2D eigenvalue weighted by Crippen LogP contribution is -2.35. The summed E-state index contributed by atoms with van der Waals surface area (Å²) in [4.78, 5) is 17.5. The van der Waals surface area contributed by atoms with E-state index in [2.05, 4.69) is 10.1 Å². The zero-order valence-electron chi connectivity index (χ0n) is 16.0. The minimum atomic E-state index is -3.08. The average Bonchev–Trinajstić information content (AvgIpc) is 3.04. The van der Waals surface area contributed by atoms with Gasteiger partial charge in [0.05, 0.1) is 17.1 Å². The van der Waals surface area contributed by atoms with Crippen molar-refractivity contribution in [3.8, 4) is 22.4 Å². The Morgan fingerprint density at radius 3 is 2.37 bits per heavy atom. The van der Waals surface area contributed by atoms with Crippen molar-refractivity contribution >= 4 is 28.8 Å². The van der Waals surface area contributed by atoms with Gasteiger partial charge in [0.25, 0.3) is 5.92 Å². The smallest absolute Gasteiger partial charge is 0.274 e. The number of alkyl halides is 2. The highest BCUT2D eigenvalue weighted by molar-refractivity contribution is 6.33. The molecule has 0 bridgehead atoms. The van der Waals surface area contributed by atoms with E-state index in [-0.39, 0.29) is 11.5 Å². The van der Waals surface area contributed by atoms with E-state index >= 15 is 0 Å². The molecule has 2 heterocycles. The van der Waals surface area contributed by atoms with Crippen molar-refractivity contribution in [2.24, 2.45) is 0 Å². The van der Waals surface area contributed by atoms with Crippen molar-refractivity contribution in [1.29, 1.82) is 0 Å². The molecule has 0 N–H and O–H groups in total. The van der Waals surface area contributed by atoms with Crippen LogP contribution < -0.4 is 5.69 Å². The Balaban J connectivity index is 2.08. The van der Waals surface area contributed by atoms with Gasteiger partial charge in [0, 0.05) is 17.5 Å². The molecule has 0 radical (unpaired) electrons. The summed E-state index contributed by atoms with van der Waals surface area (Å²) in [5, 5.41) is 5.42. The number of nitrogens with zero attached hydrogens (tertiary/aromatic N) is 4. The van der Waals surface area contributed by atoms with Crippen molar-refractivity contribution in [2.45, 2.75) is 26.3 Å². The highest BCUT2D eigenvalue weighted by atomic mass is 35.5. The molecular weight excluding hydrogens is 433 g/mol. The first-order valence-corrected chi connectivity index (χ1v) is 9.80. The minimum Gasteiger partial charge on any atom is -0.274 e. The van der Waals surface area contributed by atoms with Crippen LogP contribution in [0.5, 0.6) is 0 Å². The molecule has 4 aromatic rings. The van der Waals surface area contributed by atoms with Gasteiger partial charge in [0.15, 0.2) is 5.65 Å². The van der Waals surface area contributed by atoms with Gasteiger partial charge in [-0.05, 0) is 30.7 Å². The van der Waals surface area contributed by atoms with Gasteiger partial charge in [-0.3, -0.25) is 4.57 Å². The zero-order chi connectivity index (χ0) is 21.6. The Morgan fingerprint density at radius 2 is 1.73 bits per heavy atom. The lowest BCUT2D eigenvalue weighted by atomic mass is 10.0. The fourth-order valence-corrected chi connectivity index (χ4v) is 3.65. The van der Waals surface area contributed by atoms with E-state index < -0.39 is 18.2 Å². The molecule has 0 unspecified atom stereocenters. The summed E-state index contributed by atoms with van der Waals surface area (Å²) in [7, 11) is 0. The van der Waals surface area contributed by atoms with Gasteiger partial charge in [0.1, 0.15) is 11.5 Å². The van der Waals surface area contributed by atoms with E-state index in [1.165, 1.54) is 6.92 Å². The molecule has 0 saturated heterocycles. The average molecular weight is 449 g/mol. The fourth-order valence-electron chi connectivity index (χ4n) is 3.30. The predicted octanol–water partition coefficient (Wildman–Crippen LogP) is 5.50. The van der Waals surface area contributed by atoms with Crippen LogP contribution in [0.1, 0.15) is 12.7 Å². The van der Waals surface area contributed by atoms with Crippen LogP contribution in [0.15, 0.2) is 53.3 Å². The highest BCUT2D eigenvalue weighted by Crippen LogP contribution is 2.37. The number of rotatable bonds is 4. The van der Waals surface area contributed by atoms with Crippen molar-refractivity contribution in [3.05, 3.63) is 74.9 Å². The first-order valence-electron chi connectivity index (χ1n) is 9.04. The Bertz CT molecular complexity index is 1310. The Morgan fingerprint density at radius 1 is 1.07 bits per heavy atom. The topological polar surface area (TPSA) is 52.2 Å². The molecule has 0 amide bonds. The van der Waals surface area contributed by atoms with Gasteiger partial charge < -0.3 is 0 Å². The second-order valence-corrected chi connectivity index (χ2v) is 7.89. The second kappa shape index (κ2) is 7.49. The molecule has 4 rings (SSSR count). The third kappa shape index (κ3) is 3.70. The SMILES string of the molecule is Cc1nc2c(-c3ccc(Cl)cc3)c(-c3ccccc3Cl)nn2c(=O)n1CC(C)(F)F. The van der Waals surface area contributed by atoms with E-state index in [1.54, 1.807) is 48.5 Å². The third-order valence-electron chi connectivity index (χ3n) is 4.63. The van der Waals surface area contributed by atoms with Crippen molar-refractivity contribution in [3.63, 3.8) is 0 Å². The van der Waals surface area contributed by atoms with Crippen LogP contribution in [-0.2, 0) is 6.54 Å². The Hall–Kier alpha value is -2.77. The summed E-state index contributed by atoms with van der Waals surface area (Å²) in [6.07, 6.45) is 0. The molecular formula is C21H16Cl2F2N4O. The molecule has 154 valence electrons. The standard InChI is InChI=1S/C21H16Cl2F2N4O/c1-12-26-19-17(13-7-9-14(22)10-8-13)18(15-5-3-4-6-16(15)23)27-29(19)20(30)28(12)11-21(2,24)25/h3-10H,11H2,1-2H3. The van der Waals surface area contributed by atoms with Gasteiger partial charge in [0.2, 0.25) is 0 Å². The lowest BCUT2D eigenvalue weighted by molar-refractivity contribution is 0.00152. The maximum atomic E-state index is 13.6. The third-order valence-corrected chi connectivity index (χ3v) is 5.21. The number of halogens is 4. The van der Waals surface area contributed by atoms with Crippen molar-refractivity contribution in [2.75, 3.05) is 0 Å². The molecule has 0 atom stereocenters. The summed E-state index contributed by atoms with van der Waals surface area (Å²) in [6, 6.07) is 14.0. The molecule has 0 aliphatic carbocycles. The van der Waals surface area contributed by atoms with Crippen LogP contribution in [-0.4, -0.2) is 25.1 Å². The van der Waals surface area contributed by atoms with E-state index in [0.717, 1.165) is 16.0 Å². The zero-order valence-corrected chi connectivity index (χ0v) is 17.5. The number of benzene rings is 2. The van der Waals surface area contributed by atoms with E-state index in [9.17, 15) is 13.6 Å². The van der Waals surface area contributed by atoms with Crippen molar-refractivity contribution < 1.29 is 8.78 Å². The van der Waals surface area contributed by atoms with Gasteiger partial charge in [-0.25, -0.2) is 18.6 Å². The molecule has 9 heteroatoms. The fraction of sp³-hybridized carbons (Fsp3) is 0.190. The minimum absolute atomic E-state index is 0.162. The second-order valence-electron chi connectivity index (χ2n) is 7.04. The van der Waals surface area contributed by atoms with Gasteiger partial charge >= 0.3 is 5.69 Å². The first-order chi connectivity index (χ1) is 14.2. The molecule has 2 aromatic carbocycles. The maximum Gasteiger partial charge on any atom is 0.352 e. The lowest BCUT2D eigenvalue weighted by Gasteiger charge is -2.14. The molecule has 0 fully saturated rings. The normalized spacial score (nSPS) is 11.9. The van der Waals surface area contributed by atoms with Crippen LogP contribution >= 0.6 is 23.2 Å². The maximum absolute atomic E-state index is 13.6. The van der Waals surface area contributed by atoms with Crippen LogP contribution in [0.4, 0.5) is 8.78 Å². The largest absolute Gasteiger partial charge is 0.352 e. The molecule has 0 aliphatic rings. The van der Waals surface area contributed by atoms with E-state index in [0.29, 0.717) is 32.4 Å². The number of fused-ring (bicyclic) bond motifs is 1. The van der Waals surface area contributed by atoms with Gasteiger partial charge in [-0.2, -0.15) is 9.61 Å². The van der Waals surface area contributed by atoms with Crippen LogP contribution in [0, 0.1) is 6.92 Å². The number of hydrogen-bond acceptors (Lipinski definition) is 3. The summed E-state index contributed by atoms with van der Waals surface area (Å²) in [6.45, 7) is 1.47. The van der Waals surface area contributed by atoms with Crippen LogP contribution in [0.2, 0.25) is 10.0 Å². The van der Waals surface area contributed by atoms with Gasteiger partial charge in [-0.1, -0.05) is 53.5 Å². The number of aromatic nitrogens is 4. The highest BCUT2D eigenvalue weighted by Gasteiger charge is 2.27. The molecule has 0 spiro atoms. The Kier molecular flexibility index (Phi) is 5.11. The quantitative estimate of drug-likeness (QED) is 0.414. The van der Waals surface area contributed by atoms with Crippen molar-refractivity contribution in [1.82, 2.24) is 19.2 Å². The number of hydrogen-bond donors (Lipinski definition) is 0.